The summed E-state index contributed by atoms with van der Waals surface area (Å²) >= 11 is 0. The molecule has 0 fully saturated rings. The molecule has 0 spiro atoms. The van der Waals surface area contributed by atoms with E-state index in [9.17, 15) is 4.79 Å². The van der Waals surface area contributed by atoms with E-state index in [-0.39, 0.29) is 16.7 Å². The molecule has 3 aromatic rings. The van der Waals surface area contributed by atoms with Crippen LogP contribution in [0.5, 0.6) is 0 Å². The molecule has 1 amide bonds. The smallest absolute Gasteiger partial charge is 0.291 e. The zero-order valence-corrected chi connectivity index (χ0v) is 20.2. The van der Waals surface area contributed by atoms with Gasteiger partial charge >= 0.3 is 0 Å². The fourth-order valence-corrected chi connectivity index (χ4v) is 4.73. The normalized spacial score (nSPS) is 16.0. The predicted octanol–water partition coefficient (Wildman–Crippen LogP) is 6.85. The summed E-state index contributed by atoms with van der Waals surface area (Å²) < 4.78 is 5.92. The Labute approximate surface area is 196 Å². The number of hydrogen-bond acceptors (Lipinski definition) is 3. The van der Waals surface area contributed by atoms with Gasteiger partial charge in [0, 0.05) is 12.1 Å². The number of benzene rings is 2. The van der Waals surface area contributed by atoms with Crippen LogP contribution in [0.15, 0.2) is 52.9 Å². The minimum Gasteiger partial charge on any atom is -0.456 e. The first kappa shape index (κ1) is 22.9. The van der Waals surface area contributed by atoms with Gasteiger partial charge in [-0.3, -0.25) is 4.79 Å². The van der Waals surface area contributed by atoms with E-state index in [0.29, 0.717) is 24.3 Å². The van der Waals surface area contributed by atoms with Crippen LogP contribution in [0.2, 0.25) is 0 Å². The quantitative estimate of drug-likeness (QED) is 0.472. The number of nitrogens with zero attached hydrogens (tertiary/aromatic N) is 1. The van der Waals surface area contributed by atoms with E-state index in [0.717, 1.165) is 11.3 Å². The molecule has 4 heteroatoms. The number of furan rings is 1. The van der Waals surface area contributed by atoms with Crippen LogP contribution >= 0.6 is 0 Å². The monoisotopic (exact) mass is 440 g/mol. The molecule has 1 heterocycles. The highest BCUT2D eigenvalue weighted by atomic mass is 16.3. The van der Waals surface area contributed by atoms with Gasteiger partial charge in [-0.05, 0) is 82.7 Å². The lowest BCUT2D eigenvalue weighted by molar-refractivity contribution is 0.0995. The van der Waals surface area contributed by atoms with E-state index >= 15 is 0 Å². The summed E-state index contributed by atoms with van der Waals surface area (Å²) in [4.78, 5) is 12.6. The summed E-state index contributed by atoms with van der Waals surface area (Å²) in [5, 5.41) is 11.6. The second-order valence-electron chi connectivity index (χ2n) is 10.5. The van der Waals surface area contributed by atoms with Gasteiger partial charge in [0.05, 0.1) is 12.5 Å². The lowest BCUT2D eigenvalue weighted by atomic mass is 9.62. The van der Waals surface area contributed by atoms with Crippen molar-refractivity contribution >= 4 is 11.6 Å². The zero-order chi connectivity index (χ0) is 23.8. The Kier molecular flexibility index (Phi) is 5.93. The van der Waals surface area contributed by atoms with Crippen LogP contribution in [0, 0.1) is 18.3 Å². The van der Waals surface area contributed by atoms with Crippen LogP contribution in [0.1, 0.15) is 84.7 Å². The first-order valence-electron chi connectivity index (χ1n) is 11.6. The molecular weight excluding hydrogens is 408 g/mol. The van der Waals surface area contributed by atoms with Crippen molar-refractivity contribution in [2.75, 3.05) is 5.32 Å². The van der Waals surface area contributed by atoms with Crippen LogP contribution in [0.3, 0.4) is 0 Å². The number of amides is 1. The molecule has 0 aliphatic heterocycles. The molecule has 0 atom stereocenters. The minimum absolute atomic E-state index is 0.157. The first-order chi connectivity index (χ1) is 15.6. The molecule has 2 aromatic carbocycles. The van der Waals surface area contributed by atoms with Gasteiger partial charge in [0.2, 0.25) is 0 Å². The molecule has 170 valence electrons. The average Bonchev–Trinajstić information content (AvgIpc) is 3.23. The lowest BCUT2D eigenvalue weighted by Crippen LogP contribution is -2.34. The van der Waals surface area contributed by atoms with Gasteiger partial charge in [0.15, 0.2) is 5.76 Å². The molecule has 0 saturated carbocycles. The maximum Gasteiger partial charge on any atom is 0.291 e. The summed E-state index contributed by atoms with van der Waals surface area (Å²) in [5.41, 5.74) is 7.34. The van der Waals surface area contributed by atoms with Crippen molar-refractivity contribution in [3.05, 3.63) is 87.9 Å². The maximum absolute atomic E-state index is 12.6. The molecule has 1 N–H and O–H groups in total. The topological polar surface area (TPSA) is 66.0 Å². The lowest BCUT2D eigenvalue weighted by Gasteiger charge is -2.42. The van der Waals surface area contributed by atoms with Crippen molar-refractivity contribution in [1.29, 1.82) is 5.26 Å². The Morgan fingerprint density at radius 2 is 1.64 bits per heavy atom. The second kappa shape index (κ2) is 8.56. The number of fused-ring (bicyclic) bond motifs is 1. The number of rotatable bonds is 5. The third-order valence-corrected chi connectivity index (χ3v) is 7.05. The summed E-state index contributed by atoms with van der Waals surface area (Å²) in [6.07, 6.45) is 3.39. The van der Waals surface area contributed by atoms with Crippen molar-refractivity contribution in [2.45, 2.75) is 71.1 Å². The summed E-state index contributed by atoms with van der Waals surface area (Å²) in [7, 11) is 0. The number of anilines is 1. The zero-order valence-electron chi connectivity index (χ0n) is 20.2. The molecular formula is C29H32N2O2. The van der Waals surface area contributed by atoms with E-state index in [1.54, 1.807) is 18.2 Å². The molecule has 1 aliphatic rings. The van der Waals surface area contributed by atoms with Gasteiger partial charge in [-0.25, -0.2) is 0 Å². The van der Waals surface area contributed by atoms with E-state index < -0.39 is 0 Å². The van der Waals surface area contributed by atoms with Crippen molar-refractivity contribution < 1.29 is 9.21 Å². The second-order valence-corrected chi connectivity index (χ2v) is 10.5. The highest BCUT2D eigenvalue weighted by molar-refractivity contribution is 6.02. The van der Waals surface area contributed by atoms with Crippen molar-refractivity contribution in [1.82, 2.24) is 0 Å². The fourth-order valence-electron chi connectivity index (χ4n) is 4.73. The standard InChI is InChI=1S/C29H32N2O2/c1-19-16-24-25(29(4,5)14-13-28(24,2)3)18-21(19)17-23-10-11-26(33-23)27(32)31-22-8-6-20(7-9-22)12-15-30/h6-11,16,18H,12-14,17H2,1-5H3,(H,31,32). The van der Waals surface area contributed by atoms with Crippen molar-refractivity contribution in [3.63, 3.8) is 0 Å². The third kappa shape index (κ3) is 4.73. The number of carbonyl (C=O) groups is 1. The van der Waals surface area contributed by atoms with Gasteiger partial charge in [-0.1, -0.05) is 52.0 Å². The first-order valence-corrected chi connectivity index (χ1v) is 11.6. The van der Waals surface area contributed by atoms with Crippen molar-refractivity contribution in [3.8, 4) is 6.07 Å². The highest BCUT2D eigenvalue weighted by Crippen LogP contribution is 2.46. The van der Waals surface area contributed by atoms with Crippen LogP contribution in [0.25, 0.3) is 0 Å². The Morgan fingerprint density at radius 1 is 1.00 bits per heavy atom. The Bertz CT molecular complexity index is 1220. The maximum atomic E-state index is 12.6. The average molecular weight is 441 g/mol. The number of hydrogen-bond donors (Lipinski definition) is 1. The molecule has 1 aromatic heterocycles. The molecule has 33 heavy (non-hydrogen) atoms. The molecule has 0 bridgehead atoms. The van der Waals surface area contributed by atoms with Gasteiger partial charge in [-0.2, -0.15) is 5.26 Å². The predicted molar refractivity (Wildman–Crippen MR) is 132 cm³/mol. The fraction of sp³-hybridized carbons (Fsp3) is 0.379. The largest absolute Gasteiger partial charge is 0.456 e. The van der Waals surface area contributed by atoms with Crippen LogP contribution in [-0.4, -0.2) is 5.91 Å². The molecule has 0 saturated heterocycles. The van der Waals surface area contributed by atoms with E-state index in [4.69, 9.17) is 9.68 Å². The molecule has 0 radical (unpaired) electrons. The summed E-state index contributed by atoms with van der Waals surface area (Å²) in [6, 6.07) is 17.7. The SMILES string of the molecule is Cc1cc2c(cc1Cc1ccc(C(=O)Nc3ccc(CC#N)cc3)o1)C(C)(C)CCC2(C)C. The van der Waals surface area contributed by atoms with Crippen LogP contribution in [0.4, 0.5) is 5.69 Å². The molecule has 4 rings (SSSR count). The van der Waals surface area contributed by atoms with E-state index in [1.165, 1.54) is 35.1 Å². The third-order valence-electron chi connectivity index (χ3n) is 7.05. The van der Waals surface area contributed by atoms with Crippen LogP contribution < -0.4 is 5.32 Å². The van der Waals surface area contributed by atoms with Crippen molar-refractivity contribution in [2.24, 2.45) is 0 Å². The highest BCUT2D eigenvalue weighted by Gasteiger charge is 2.37. The van der Waals surface area contributed by atoms with Crippen LogP contribution in [-0.2, 0) is 23.7 Å². The number of nitrogens with one attached hydrogen (secondary N) is 1. The molecule has 4 nitrogen and oxygen atoms in total. The Balaban J connectivity index is 1.52. The summed E-state index contributed by atoms with van der Waals surface area (Å²) in [5.74, 6) is 0.794. The number of aryl methyl sites for hydroxylation is 1. The van der Waals surface area contributed by atoms with Gasteiger partial charge in [-0.15, -0.1) is 0 Å². The van der Waals surface area contributed by atoms with Gasteiger partial charge in [0.25, 0.3) is 5.91 Å². The number of nitriles is 1. The van der Waals surface area contributed by atoms with Gasteiger partial charge in [0.1, 0.15) is 5.76 Å². The van der Waals surface area contributed by atoms with Gasteiger partial charge < -0.3 is 9.73 Å². The minimum atomic E-state index is -0.278. The Hall–Kier alpha value is -3.32. The summed E-state index contributed by atoms with van der Waals surface area (Å²) in [6.45, 7) is 11.5. The Morgan fingerprint density at radius 3 is 2.27 bits per heavy atom. The molecule has 0 unspecified atom stereocenters. The molecule has 1 aliphatic carbocycles. The number of carbonyl (C=O) groups excluding carboxylic acids is 1. The van der Waals surface area contributed by atoms with E-state index in [2.05, 4.69) is 58.1 Å². The van der Waals surface area contributed by atoms with E-state index in [1.807, 2.05) is 18.2 Å².